The maximum atomic E-state index is 2.43. The van der Waals surface area contributed by atoms with Crippen LogP contribution < -0.4 is 0 Å². The van der Waals surface area contributed by atoms with Gasteiger partial charge < -0.3 is 9.13 Å². The lowest BCUT2D eigenvalue weighted by Crippen LogP contribution is -2.15. The Morgan fingerprint density at radius 2 is 0.726 bits per heavy atom. The first kappa shape index (κ1) is 42.6. The summed E-state index contributed by atoms with van der Waals surface area (Å²) >= 11 is 0. The van der Waals surface area contributed by atoms with E-state index < -0.39 is 0 Å². The van der Waals surface area contributed by atoms with Crippen LogP contribution in [0.1, 0.15) is 47.2 Å². The van der Waals surface area contributed by atoms with Crippen LogP contribution in [0.15, 0.2) is 243 Å². The van der Waals surface area contributed by atoms with Crippen molar-refractivity contribution in [2.24, 2.45) is 0 Å². The Balaban J connectivity index is 0.681. The minimum atomic E-state index is -0.127. The lowest BCUT2D eigenvalue weighted by atomic mass is 9.81. The van der Waals surface area contributed by atoms with Crippen LogP contribution in [-0.4, -0.2) is 9.13 Å². The fourth-order valence-electron chi connectivity index (χ4n) is 11.8. The Labute approximate surface area is 425 Å². The maximum Gasteiger partial charge on any atom is 0.0541 e. The number of aromatic nitrogens is 2. The Morgan fingerprint density at radius 3 is 1.30 bits per heavy atom. The van der Waals surface area contributed by atoms with Gasteiger partial charge in [-0.2, -0.15) is 0 Å². The van der Waals surface area contributed by atoms with E-state index in [2.05, 4.69) is 290 Å². The fourth-order valence-corrected chi connectivity index (χ4v) is 11.8. The van der Waals surface area contributed by atoms with Crippen LogP contribution in [0.2, 0.25) is 0 Å². The number of fused-ring (bicyclic) bond motifs is 10. The summed E-state index contributed by atoms with van der Waals surface area (Å²) in [6.45, 7) is 4.73. The van der Waals surface area contributed by atoms with Crippen molar-refractivity contribution < 1.29 is 0 Å². The van der Waals surface area contributed by atoms with E-state index in [0.717, 1.165) is 0 Å². The summed E-state index contributed by atoms with van der Waals surface area (Å²) < 4.78 is 4.79. The minimum Gasteiger partial charge on any atom is -0.309 e. The Bertz CT molecular complexity index is 4360. The first-order valence-electron chi connectivity index (χ1n) is 25.4. The number of nitrogens with zero attached hydrogens (tertiary/aromatic N) is 2. The Morgan fingerprint density at radius 1 is 0.301 bits per heavy atom. The van der Waals surface area contributed by atoms with E-state index in [4.69, 9.17) is 0 Å². The molecule has 1 aliphatic rings. The molecule has 2 aromatic heterocycles. The predicted octanol–water partition coefficient (Wildman–Crippen LogP) is 19.0. The number of benzene rings is 11. The number of hydrogen-bond donors (Lipinski definition) is 0. The van der Waals surface area contributed by atoms with Crippen LogP contribution in [-0.2, 0) is 5.41 Å². The third-order valence-corrected chi connectivity index (χ3v) is 15.5. The zero-order chi connectivity index (χ0) is 48.6. The van der Waals surface area contributed by atoms with Crippen LogP contribution in [0.5, 0.6) is 0 Å². The fraction of sp³-hybridized carbons (Fsp3) is 0.0423. The van der Waals surface area contributed by atoms with Crippen molar-refractivity contribution >= 4 is 78.7 Å². The highest BCUT2D eigenvalue weighted by molar-refractivity contribution is 6.12. The molecule has 0 spiro atoms. The summed E-state index contributed by atoms with van der Waals surface area (Å²) in [6.07, 6.45) is 8.98. The average Bonchev–Trinajstić information content (AvgIpc) is 4.04. The maximum absolute atomic E-state index is 2.43. The van der Waals surface area contributed by atoms with Gasteiger partial charge in [-0.1, -0.05) is 226 Å². The van der Waals surface area contributed by atoms with Crippen molar-refractivity contribution in [2.45, 2.75) is 19.3 Å². The highest BCUT2D eigenvalue weighted by Crippen LogP contribution is 2.49. The first-order valence-corrected chi connectivity index (χ1v) is 25.4. The molecule has 0 saturated carbocycles. The smallest absolute Gasteiger partial charge is 0.0541 e. The quantitative estimate of drug-likeness (QED) is 0.134. The highest BCUT2D eigenvalue weighted by atomic mass is 15.0. The van der Waals surface area contributed by atoms with Crippen molar-refractivity contribution in [3.05, 3.63) is 276 Å². The summed E-state index contributed by atoms with van der Waals surface area (Å²) in [6, 6.07) is 89.0. The van der Waals surface area contributed by atoms with E-state index >= 15 is 0 Å². The van der Waals surface area contributed by atoms with Gasteiger partial charge in [0.05, 0.1) is 27.8 Å². The molecule has 11 aromatic carbocycles. The number of para-hydroxylation sites is 3. The highest BCUT2D eigenvalue weighted by Gasteiger charge is 2.35. The lowest BCUT2D eigenvalue weighted by Gasteiger charge is -2.22. The van der Waals surface area contributed by atoms with Crippen LogP contribution in [0.3, 0.4) is 0 Å². The molecule has 1 aliphatic carbocycles. The van der Waals surface area contributed by atoms with Crippen molar-refractivity contribution in [3.63, 3.8) is 0 Å². The van der Waals surface area contributed by atoms with Gasteiger partial charge in [0.15, 0.2) is 0 Å². The molecule has 73 heavy (non-hydrogen) atoms. The number of rotatable bonds is 8. The van der Waals surface area contributed by atoms with Crippen molar-refractivity contribution in [3.8, 4) is 44.8 Å². The van der Waals surface area contributed by atoms with E-state index in [9.17, 15) is 0 Å². The first-order chi connectivity index (χ1) is 35.9. The molecule has 0 N–H and O–H groups in total. The van der Waals surface area contributed by atoms with Gasteiger partial charge in [-0.15, -0.1) is 0 Å². The molecular weight excluding hydrogens is 881 g/mol. The molecule has 2 heterocycles. The molecule has 344 valence electrons. The minimum absolute atomic E-state index is 0.127. The Kier molecular flexibility index (Phi) is 9.91. The average molecular weight is 931 g/mol. The van der Waals surface area contributed by atoms with E-state index in [0.29, 0.717) is 0 Å². The molecule has 0 unspecified atom stereocenters. The third kappa shape index (κ3) is 7.17. The van der Waals surface area contributed by atoms with Gasteiger partial charge in [0.2, 0.25) is 0 Å². The molecule has 14 rings (SSSR count). The third-order valence-electron chi connectivity index (χ3n) is 15.5. The van der Waals surface area contributed by atoms with Gasteiger partial charge in [0.25, 0.3) is 0 Å². The van der Waals surface area contributed by atoms with Gasteiger partial charge in [-0.3, -0.25) is 0 Å². The van der Waals surface area contributed by atoms with E-state index in [-0.39, 0.29) is 5.41 Å². The zero-order valence-corrected chi connectivity index (χ0v) is 40.8. The second kappa shape index (κ2) is 17.0. The Hall–Kier alpha value is -9.24. The van der Waals surface area contributed by atoms with E-state index in [1.807, 2.05) is 0 Å². The van der Waals surface area contributed by atoms with Gasteiger partial charge in [0, 0.05) is 38.0 Å². The van der Waals surface area contributed by atoms with Gasteiger partial charge in [-0.05, 0) is 127 Å². The van der Waals surface area contributed by atoms with Crippen molar-refractivity contribution in [1.29, 1.82) is 0 Å². The van der Waals surface area contributed by atoms with Crippen LogP contribution >= 0.6 is 0 Å². The molecule has 0 saturated heterocycles. The SMILES string of the molecule is CC1(C)c2cc(/C=C/c3ccc(-c4ccc5c(c4)c4ccccc4n5-c4ccccc4)cc3)ccc2-c2ccc(/C=C/c3ccc(-c4ccc5c(c4)c4ccccc4n5-c4cccc5ccccc45)cc3)cc21. The number of hydrogen-bond acceptors (Lipinski definition) is 0. The van der Waals surface area contributed by atoms with Crippen molar-refractivity contribution in [1.82, 2.24) is 9.13 Å². The standard InChI is InChI=1S/C71H50N2/c1-71(2)64-43-49(25-23-47-27-33-51(34-28-47)54-37-41-69-62(45-54)60-18-8-10-20-67(60)72(69)56-15-4-3-5-16-56)31-39-58(64)59-40-32-50(44-65(59)71)26-24-48-29-35-52(36-30-48)55-38-42-70-63(46-55)61-19-9-11-21-68(61)73(70)66-22-12-14-53-13-6-7-17-57(53)66/h3-46H,1-2H3/b25-23+,26-24+. The van der Waals surface area contributed by atoms with Crippen LogP contribution in [0, 0.1) is 0 Å². The molecule has 0 bridgehead atoms. The monoisotopic (exact) mass is 930 g/mol. The van der Waals surface area contributed by atoms with Crippen LogP contribution in [0.25, 0.3) is 123 Å². The second-order valence-corrected chi connectivity index (χ2v) is 20.1. The van der Waals surface area contributed by atoms with Crippen molar-refractivity contribution in [2.75, 3.05) is 0 Å². The molecule has 0 radical (unpaired) electrons. The normalized spacial score (nSPS) is 13.1. The summed E-state index contributed by atoms with van der Waals surface area (Å²) in [5, 5.41) is 7.55. The van der Waals surface area contributed by atoms with E-state index in [1.54, 1.807) is 0 Å². The zero-order valence-electron chi connectivity index (χ0n) is 40.8. The molecule has 2 heteroatoms. The van der Waals surface area contributed by atoms with Gasteiger partial charge in [-0.25, -0.2) is 0 Å². The topological polar surface area (TPSA) is 9.86 Å². The van der Waals surface area contributed by atoms with Gasteiger partial charge in [0.1, 0.15) is 0 Å². The molecule has 0 fully saturated rings. The molecule has 2 nitrogen and oxygen atoms in total. The largest absolute Gasteiger partial charge is 0.309 e. The van der Waals surface area contributed by atoms with E-state index in [1.165, 1.54) is 133 Å². The molecule has 0 atom stereocenters. The lowest BCUT2D eigenvalue weighted by molar-refractivity contribution is 0.660. The summed E-state index contributed by atoms with van der Waals surface area (Å²) in [5.41, 5.74) is 22.2. The second-order valence-electron chi connectivity index (χ2n) is 20.1. The summed E-state index contributed by atoms with van der Waals surface area (Å²) in [5.74, 6) is 0. The van der Waals surface area contributed by atoms with Crippen LogP contribution in [0.4, 0.5) is 0 Å². The van der Waals surface area contributed by atoms with Gasteiger partial charge >= 0.3 is 0 Å². The molecule has 13 aromatic rings. The predicted molar refractivity (Wildman–Crippen MR) is 312 cm³/mol. The molecule has 0 aliphatic heterocycles. The molecular formula is C71H50N2. The summed E-state index contributed by atoms with van der Waals surface area (Å²) in [7, 11) is 0. The summed E-state index contributed by atoms with van der Waals surface area (Å²) in [4.78, 5) is 0. The molecule has 0 amide bonds.